The molecule has 4 unspecified atom stereocenters. The molecule has 0 aromatic carbocycles. The quantitative estimate of drug-likeness (QED) is 0.908. The number of aromatic nitrogens is 2. The highest BCUT2D eigenvalue weighted by atomic mass is 32.2. The van der Waals surface area contributed by atoms with E-state index in [0.717, 1.165) is 11.6 Å². The molecular weight excluding hydrogens is 270 g/mol. The highest BCUT2D eigenvalue weighted by Crippen LogP contribution is 2.43. The second kappa shape index (κ2) is 6.27. The van der Waals surface area contributed by atoms with Crippen LogP contribution in [0.15, 0.2) is 4.52 Å². The second-order valence-corrected chi connectivity index (χ2v) is 7.31. The van der Waals surface area contributed by atoms with Gasteiger partial charge < -0.3 is 15.0 Å². The lowest BCUT2D eigenvalue weighted by Gasteiger charge is -2.29. The first-order valence-corrected chi connectivity index (χ1v) is 7.98. The van der Waals surface area contributed by atoms with Crippen LogP contribution in [0.25, 0.3) is 0 Å². The summed E-state index contributed by atoms with van der Waals surface area (Å²) in [5.41, 5.74) is 5.58. The van der Waals surface area contributed by atoms with Gasteiger partial charge in [-0.2, -0.15) is 16.7 Å². The Morgan fingerprint density at radius 1 is 1.50 bits per heavy atom. The van der Waals surface area contributed by atoms with Crippen molar-refractivity contribution in [3.8, 4) is 0 Å². The van der Waals surface area contributed by atoms with E-state index in [1.165, 1.54) is 0 Å². The van der Waals surface area contributed by atoms with Crippen molar-refractivity contribution in [1.82, 2.24) is 10.1 Å². The molecular formula is C11H19N3O2S2. The monoisotopic (exact) mass is 289 g/mol. The van der Waals surface area contributed by atoms with E-state index in [0.29, 0.717) is 28.2 Å². The highest BCUT2D eigenvalue weighted by molar-refractivity contribution is 8.07. The van der Waals surface area contributed by atoms with Crippen LogP contribution in [0.3, 0.4) is 0 Å². The Bertz CT molecular complexity index is 384. The number of hydrogen-bond donors (Lipinski definition) is 1. The Hall–Kier alpha value is -0.240. The summed E-state index contributed by atoms with van der Waals surface area (Å²) >= 11 is 3.87. The minimum Gasteiger partial charge on any atom is -0.370 e. The third-order valence-electron chi connectivity index (χ3n) is 3.07. The molecule has 0 radical (unpaired) electrons. The van der Waals surface area contributed by atoms with E-state index in [4.69, 9.17) is 15.0 Å². The van der Waals surface area contributed by atoms with Gasteiger partial charge in [-0.25, -0.2) is 0 Å². The van der Waals surface area contributed by atoms with Crippen molar-refractivity contribution < 1.29 is 9.26 Å². The van der Waals surface area contributed by atoms with Crippen molar-refractivity contribution in [1.29, 1.82) is 0 Å². The summed E-state index contributed by atoms with van der Waals surface area (Å²) in [6, 6.07) is 0. The Balaban J connectivity index is 2.06. The van der Waals surface area contributed by atoms with Crippen LogP contribution in [0.4, 0.5) is 0 Å². The van der Waals surface area contributed by atoms with Gasteiger partial charge in [0.05, 0.1) is 5.25 Å². The fourth-order valence-corrected chi connectivity index (χ4v) is 4.56. The summed E-state index contributed by atoms with van der Waals surface area (Å²) < 4.78 is 10.4. The predicted molar refractivity (Wildman–Crippen MR) is 74.8 cm³/mol. The molecule has 1 aliphatic rings. The molecule has 5 nitrogen and oxygen atoms in total. The standard InChI is InChI=1S/C11H19N3O2S2/c1-6-7(2)18-9(5-17-6)10-13-11(16-14-10)8(4-12)15-3/h6-9H,4-5,12H2,1-3H3. The van der Waals surface area contributed by atoms with Crippen LogP contribution in [0, 0.1) is 0 Å². The van der Waals surface area contributed by atoms with Crippen molar-refractivity contribution in [3.05, 3.63) is 11.7 Å². The molecule has 2 rings (SSSR count). The van der Waals surface area contributed by atoms with E-state index in [2.05, 4.69) is 24.0 Å². The van der Waals surface area contributed by atoms with Gasteiger partial charge in [0.15, 0.2) is 5.82 Å². The minimum atomic E-state index is -0.302. The zero-order chi connectivity index (χ0) is 13.1. The Morgan fingerprint density at radius 3 is 2.89 bits per heavy atom. The normalized spacial score (nSPS) is 30.3. The van der Waals surface area contributed by atoms with E-state index >= 15 is 0 Å². The van der Waals surface area contributed by atoms with Crippen molar-refractivity contribution in [2.24, 2.45) is 5.73 Å². The van der Waals surface area contributed by atoms with Crippen LogP contribution in [-0.2, 0) is 4.74 Å². The molecule has 1 fully saturated rings. The fraction of sp³-hybridized carbons (Fsp3) is 0.818. The van der Waals surface area contributed by atoms with Crippen molar-refractivity contribution in [2.45, 2.75) is 35.7 Å². The lowest BCUT2D eigenvalue weighted by atomic mass is 10.3. The topological polar surface area (TPSA) is 74.2 Å². The van der Waals surface area contributed by atoms with Crippen LogP contribution in [0.2, 0.25) is 0 Å². The van der Waals surface area contributed by atoms with Gasteiger partial charge in [-0.05, 0) is 0 Å². The van der Waals surface area contributed by atoms with E-state index < -0.39 is 0 Å². The van der Waals surface area contributed by atoms with Crippen molar-refractivity contribution in [2.75, 3.05) is 19.4 Å². The van der Waals surface area contributed by atoms with Crippen LogP contribution < -0.4 is 5.73 Å². The largest absolute Gasteiger partial charge is 0.370 e. The number of methoxy groups -OCH3 is 1. The van der Waals surface area contributed by atoms with Gasteiger partial charge in [-0.15, -0.1) is 11.8 Å². The molecule has 0 amide bonds. The average molecular weight is 289 g/mol. The zero-order valence-electron chi connectivity index (χ0n) is 10.8. The first-order chi connectivity index (χ1) is 8.65. The summed E-state index contributed by atoms with van der Waals surface area (Å²) in [6.45, 7) is 4.85. The van der Waals surface area contributed by atoms with Gasteiger partial charge in [0.2, 0.25) is 0 Å². The summed E-state index contributed by atoms with van der Waals surface area (Å²) in [6.07, 6.45) is -0.302. The van der Waals surface area contributed by atoms with Crippen LogP contribution in [-0.4, -0.2) is 40.0 Å². The summed E-state index contributed by atoms with van der Waals surface area (Å²) in [7, 11) is 1.59. The molecule has 0 saturated carbocycles. The molecule has 1 aromatic rings. The van der Waals surface area contributed by atoms with E-state index in [1.54, 1.807) is 7.11 Å². The highest BCUT2D eigenvalue weighted by Gasteiger charge is 2.30. The molecule has 102 valence electrons. The number of nitrogens with two attached hydrogens (primary N) is 1. The van der Waals surface area contributed by atoms with Gasteiger partial charge in [-0.3, -0.25) is 0 Å². The molecule has 1 saturated heterocycles. The molecule has 1 aliphatic heterocycles. The lowest BCUT2D eigenvalue weighted by Crippen LogP contribution is -2.22. The predicted octanol–water partition coefficient (Wildman–Crippen LogP) is 2.01. The van der Waals surface area contributed by atoms with Gasteiger partial charge in [0.1, 0.15) is 6.10 Å². The zero-order valence-corrected chi connectivity index (χ0v) is 12.5. The van der Waals surface area contributed by atoms with Gasteiger partial charge in [0.25, 0.3) is 5.89 Å². The maximum Gasteiger partial charge on any atom is 0.257 e. The summed E-state index contributed by atoms with van der Waals surface area (Å²) in [5.74, 6) is 2.26. The Kier molecular flexibility index (Phi) is 4.94. The SMILES string of the molecule is COC(CN)c1nc(C2CSC(C)C(C)S2)no1. The van der Waals surface area contributed by atoms with Crippen LogP contribution in [0.1, 0.15) is 36.9 Å². The second-order valence-electron chi connectivity index (χ2n) is 4.32. The summed E-state index contributed by atoms with van der Waals surface area (Å²) in [5, 5.41) is 5.64. The molecule has 2 heterocycles. The number of ether oxygens (including phenoxy) is 1. The van der Waals surface area contributed by atoms with Gasteiger partial charge in [-0.1, -0.05) is 19.0 Å². The first-order valence-electron chi connectivity index (χ1n) is 5.99. The molecule has 0 bridgehead atoms. The maximum absolute atomic E-state index is 5.58. The number of hydrogen-bond acceptors (Lipinski definition) is 7. The molecule has 2 N–H and O–H groups in total. The molecule has 0 spiro atoms. The van der Waals surface area contributed by atoms with Gasteiger partial charge in [0, 0.05) is 29.9 Å². The summed E-state index contributed by atoms with van der Waals surface area (Å²) in [4.78, 5) is 4.42. The third kappa shape index (κ3) is 3.01. The van der Waals surface area contributed by atoms with E-state index in [1.807, 2.05) is 23.5 Å². The lowest BCUT2D eigenvalue weighted by molar-refractivity contribution is 0.0804. The maximum atomic E-state index is 5.58. The molecule has 0 aliphatic carbocycles. The smallest absolute Gasteiger partial charge is 0.257 e. The third-order valence-corrected chi connectivity index (χ3v) is 6.46. The Morgan fingerprint density at radius 2 is 2.28 bits per heavy atom. The molecule has 1 aromatic heterocycles. The number of rotatable bonds is 4. The average Bonchev–Trinajstić information content (AvgIpc) is 2.84. The number of thioether (sulfide) groups is 2. The Labute approximate surface area is 116 Å². The molecule has 7 heteroatoms. The number of nitrogens with zero attached hydrogens (tertiary/aromatic N) is 2. The molecule has 4 atom stereocenters. The van der Waals surface area contributed by atoms with Crippen LogP contribution in [0.5, 0.6) is 0 Å². The minimum absolute atomic E-state index is 0.300. The fourth-order valence-electron chi connectivity index (χ4n) is 1.73. The van der Waals surface area contributed by atoms with E-state index in [-0.39, 0.29) is 6.10 Å². The van der Waals surface area contributed by atoms with Crippen molar-refractivity contribution in [3.63, 3.8) is 0 Å². The van der Waals surface area contributed by atoms with Gasteiger partial charge >= 0.3 is 0 Å². The molecule has 18 heavy (non-hydrogen) atoms. The van der Waals surface area contributed by atoms with E-state index in [9.17, 15) is 0 Å². The first kappa shape index (κ1) is 14.2. The van der Waals surface area contributed by atoms with Crippen LogP contribution >= 0.6 is 23.5 Å². The van der Waals surface area contributed by atoms with Crippen molar-refractivity contribution >= 4 is 23.5 Å².